The quantitative estimate of drug-likeness (QED) is 0.0858. The van der Waals surface area contributed by atoms with Gasteiger partial charge in [0.1, 0.15) is 16.4 Å². The molecule has 8 nitrogen and oxygen atoms in total. The van der Waals surface area contributed by atoms with Gasteiger partial charge in [-0.15, -0.1) is 11.3 Å². The second-order valence-electron chi connectivity index (χ2n) is 9.13. The summed E-state index contributed by atoms with van der Waals surface area (Å²) in [6, 6.07) is 25.7. The Morgan fingerprint density at radius 2 is 1.57 bits per heavy atom. The Morgan fingerprint density at radius 3 is 2.31 bits per heavy atom. The maximum atomic E-state index is 13.0. The summed E-state index contributed by atoms with van der Waals surface area (Å²) in [7, 11) is 1.56. The van der Waals surface area contributed by atoms with Crippen LogP contribution >= 0.6 is 22.9 Å². The molecular weight excluding hydrogens is 574 g/mol. The van der Waals surface area contributed by atoms with Gasteiger partial charge >= 0.3 is 5.97 Å². The lowest BCUT2D eigenvalue weighted by molar-refractivity contribution is 0.0739. The second kappa shape index (κ2) is 12.7. The van der Waals surface area contributed by atoms with Gasteiger partial charge in [0.15, 0.2) is 0 Å². The average molecular weight is 598 g/mol. The van der Waals surface area contributed by atoms with Gasteiger partial charge in [-0.05, 0) is 79.2 Å². The summed E-state index contributed by atoms with van der Waals surface area (Å²) in [5.41, 5.74) is 5.35. The average Bonchev–Trinajstić information content (AvgIpc) is 3.33. The van der Waals surface area contributed by atoms with Crippen LogP contribution in [0.25, 0.3) is 10.1 Å². The van der Waals surface area contributed by atoms with Gasteiger partial charge in [-0.2, -0.15) is 5.10 Å². The van der Waals surface area contributed by atoms with Crippen LogP contribution in [0.4, 0.5) is 5.69 Å². The molecule has 0 spiro atoms. The number of nitrogens with one attached hydrogen (secondary N) is 2. The van der Waals surface area contributed by atoms with Crippen molar-refractivity contribution in [2.24, 2.45) is 5.10 Å². The van der Waals surface area contributed by atoms with E-state index in [2.05, 4.69) is 15.8 Å². The van der Waals surface area contributed by atoms with Gasteiger partial charge in [0, 0.05) is 32.5 Å². The van der Waals surface area contributed by atoms with Crippen molar-refractivity contribution < 1.29 is 23.9 Å². The number of thiophene rings is 1. The molecule has 5 rings (SSSR count). The van der Waals surface area contributed by atoms with Crippen molar-refractivity contribution >= 4 is 62.7 Å². The van der Waals surface area contributed by atoms with E-state index in [0.717, 1.165) is 15.6 Å². The molecule has 1 aromatic heterocycles. The number of para-hydroxylation sites is 1. The predicted octanol–water partition coefficient (Wildman–Crippen LogP) is 7.11. The van der Waals surface area contributed by atoms with Gasteiger partial charge in [0.2, 0.25) is 0 Å². The first-order valence-corrected chi connectivity index (χ1v) is 13.9. The van der Waals surface area contributed by atoms with Gasteiger partial charge in [0.25, 0.3) is 11.8 Å². The van der Waals surface area contributed by atoms with Gasteiger partial charge in [-0.1, -0.05) is 35.9 Å². The summed E-state index contributed by atoms with van der Waals surface area (Å²) in [5.74, 6) is -0.407. The first-order valence-electron chi connectivity index (χ1n) is 12.7. The van der Waals surface area contributed by atoms with Crippen LogP contribution in [0.15, 0.2) is 96.1 Å². The highest BCUT2D eigenvalue weighted by atomic mass is 35.5. The number of nitrogens with zero attached hydrogens (tertiary/aromatic N) is 1. The maximum absolute atomic E-state index is 13.0. The van der Waals surface area contributed by atoms with Crippen LogP contribution in [0.3, 0.4) is 0 Å². The van der Waals surface area contributed by atoms with Crippen LogP contribution in [0, 0.1) is 6.92 Å². The molecule has 4 aromatic carbocycles. The smallest absolute Gasteiger partial charge is 0.355 e. The summed E-state index contributed by atoms with van der Waals surface area (Å²) in [5, 5.41) is 7.96. The van der Waals surface area contributed by atoms with Gasteiger partial charge in [-0.25, -0.2) is 10.2 Å². The Labute approximate surface area is 250 Å². The molecule has 0 radical (unpaired) electrons. The fraction of sp³-hybridized carbons (Fsp3) is 0.0625. The van der Waals surface area contributed by atoms with Crippen LogP contribution in [0.2, 0.25) is 5.02 Å². The number of amides is 2. The number of aryl methyl sites for hydroxylation is 1. The van der Waals surface area contributed by atoms with Crippen LogP contribution in [0.1, 0.15) is 41.5 Å². The molecule has 1 heterocycles. The maximum Gasteiger partial charge on any atom is 0.355 e. The largest absolute Gasteiger partial charge is 0.497 e. The molecule has 0 aliphatic heterocycles. The molecule has 10 heteroatoms. The number of carbonyl (C=O) groups is 3. The first kappa shape index (κ1) is 28.5. The molecule has 0 fully saturated rings. The van der Waals surface area contributed by atoms with Crippen LogP contribution in [0.5, 0.6) is 11.5 Å². The number of hydrogen-bond donors (Lipinski definition) is 2. The standard InChI is InChI=1S/C32H24ClN3O5S/c1-19-7-16-25-27(17-19)42-29(28(25)33)32(39)41-26-6-4-3-5-22(26)18-34-36-31(38)21-8-12-23(13-9-21)35-30(37)20-10-14-24(40-2)15-11-20/h3-18H,1-2H3,(H,35,37)(H,36,38)/b34-18-. The van der Waals surface area contributed by atoms with E-state index in [-0.39, 0.29) is 11.7 Å². The van der Waals surface area contributed by atoms with E-state index in [9.17, 15) is 14.4 Å². The number of carbonyl (C=O) groups excluding carboxylic acids is 3. The van der Waals surface area contributed by atoms with E-state index in [0.29, 0.717) is 38.0 Å². The minimum atomic E-state index is -0.581. The third-order valence-electron chi connectivity index (χ3n) is 6.22. The summed E-state index contributed by atoms with van der Waals surface area (Å²) >= 11 is 7.74. The van der Waals surface area contributed by atoms with Crippen molar-refractivity contribution in [1.29, 1.82) is 0 Å². The molecule has 5 aromatic rings. The highest BCUT2D eigenvalue weighted by Crippen LogP contribution is 2.36. The zero-order valence-electron chi connectivity index (χ0n) is 22.5. The molecule has 2 amide bonds. The van der Waals surface area contributed by atoms with Crippen LogP contribution in [-0.4, -0.2) is 31.1 Å². The summed E-state index contributed by atoms with van der Waals surface area (Å²) in [6.45, 7) is 1.97. The van der Waals surface area contributed by atoms with Crippen molar-refractivity contribution in [3.05, 3.63) is 123 Å². The number of esters is 1. The topological polar surface area (TPSA) is 106 Å². The number of hydrogen-bond acceptors (Lipinski definition) is 7. The third-order valence-corrected chi connectivity index (χ3v) is 7.86. The zero-order valence-corrected chi connectivity index (χ0v) is 24.1. The van der Waals surface area contributed by atoms with Crippen molar-refractivity contribution in [2.45, 2.75) is 6.92 Å². The molecule has 0 bridgehead atoms. The lowest BCUT2D eigenvalue weighted by atomic mass is 10.1. The molecule has 0 atom stereocenters. The van der Waals surface area contributed by atoms with E-state index >= 15 is 0 Å². The fourth-order valence-electron chi connectivity index (χ4n) is 4.01. The molecule has 210 valence electrons. The number of hydrazone groups is 1. The normalized spacial score (nSPS) is 10.9. The molecular formula is C32H24ClN3O5S. The molecule has 2 N–H and O–H groups in total. The summed E-state index contributed by atoms with van der Waals surface area (Å²) in [6.07, 6.45) is 1.39. The Hall–Kier alpha value is -4.99. The molecule has 42 heavy (non-hydrogen) atoms. The number of ether oxygens (including phenoxy) is 2. The Morgan fingerprint density at radius 1 is 0.881 bits per heavy atom. The van der Waals surface area contributed by atoms with Gasteiger partial charge in [0.05, 0.1) is 18.3 Å². The highest BCUT2D eigenvalue weighted by molar-refractivity contribution is 7.21. The zero-order chi connectivity index (χ0) is 29.6. The Balaban J connectivity index is 1.20. The van der Waals surface area contributed by atoms with Crippen LogP contribution in [-0.2, 0) is 0 Å². The van der Waals surface area contributed by atoms with Crippen molar-refractivity contribution in [1.82, 2.24) is 5.43 Å². The van der Waals surface area contributed by atoms with E-state index in [4.69, 9.17) is 21.1 Å². The monoisotopic (exact) mass is 597 g/mol. The van der Waals surface area contributed by atoms with E-state index in [1.807, 2.05) is 25.1 Å². The molecule has 0 saturated carbocycles. The number of rotatable bonds is 8. The van der Waals surface area contributed by atoms with E-state index < -0.39 is 11.9 Å². The predicted molar refractivity (Wildman–Crippen MR) is 165 cm³/mol. The number of methoxy groups -OCH3 is 1. The molecule has 0 aliphatic carbocycles. The Kier molecular flexibility index (Phi) is 8.61. The minimum absolute atomic E-state index is 0.266. The van der Waals surface area contributed by atoms with Crippen molar-refractivity contribution in [2.75, 3.05) is 12.4 Å². The van der Waals surface area contributed by atoms with Crippen LogP contribution < -0.4 is 20.2 Å². The first-order chi connectivity index (χ1) is 20.3. The lowest BCUT2D eigenvalue weighted by Crippen LogP contribution is -2.18. The molecule has 0 unspecified atom stereocenters. The lowest BCUT2D eigenvalue weighted by Gasteiger charge is -2.07. The second-order valence-corrected chi connectivity index (χ2v) is 10.6. The fourth-order valence-corrected chi connectivity index (χ4v) is 5.49. The highest BCUT2D eigenvalue weighted by Gasteiger charge is 2.20. The summed E-state index contributed by atoms with van der Waals surface area (Å²) in [4.78, 5) is 38.4. The van der Waals surface area contributed by atoms with Crippen molar-refractivity contribution in [3.8, 4) is 11.5 Å². The Bertz CT molecular complexity index is 1820. The van der Waals surface area contributed by atoms with Gasteiger partial charge in [-0.3, -0.25) is 9.59 Å². The summed E-state index contributed by atoms with van der Waals surface area (Å²) < 4.78 is 11.7. The van der Waals surface area contributed by atoms with Crippen molar-refractivity contribution in [3.63, 3.8) is 0 Å². The van der Waals surface area contributed by atoms with E-state index in [1.165, 1.54) is 17.6 Å². The number of fused-ring (bicyclic) bond motifs is 1. The SMILES string of the molecule is COc1ccc(C(=O)Nc2ccc(C(=O)N/N=C\c3ccccc3OC(=O)c3sc4cc(C)ccc4c3Cl)cc2)cc1. The number of benzene rings is 4. The van der Waals surface area contributed by atoms with Gasteiger partial charge < -0.3 is 14.8 Å². The number of anilines is 1. The third kappa shape index (κ3) is 6.49. The van der Waals surface area contributed by atoms with E-state index in [1.54, 1.807) is 79.9 Å². The number of halogens is 1. The molecule has 0 aliphatic rings. The molecule has 0 saturated heterocycles. The minimum Gasteiger partial charge on any atom is -0.497 e.